The maximum Gasteiger partial charge on any atom is 0.0626 e. The zero-order chi connectivity index (χ0) is 17.1. The van der Waals surface area contributed by atoms with E-state index in [-0.39, 0.29) is 31.3 Å². The molecule has 123 valence electrons. The second-order valence-electron chi connectivity index (χ2n) is 5.56. The molecule has 0 unspecified atom stereocenters. The Hall–Kier alpha value is -2.50. The van der Waals surface area contributed by atoms with Crippen LogP contribution < -0.4 is 10.2 Å². The van der Waals surface area contributed by atoms with Gasteiger partial charge < -0.3 is 10.2 Å². The predicted octanol–water partition coefficient (Wildman–Crippen LogP) is 2.85. The normalized spacial score (nSPS) is 10.0. The van der Waals surface area contributed by atoms with Gasteiger partial charge in [0.2, 0.25) is 0 Å². The molecule has 0 N–H and O–H groups in total. The van der Waals surface area contributed by atoms with Gasteiger partial charge in [-0.25, -0.2) is 0 Å². The fourth-order valence-electron chi connectivity index (χ4n) is 2.43. The second kappa shape index (κ2) is 8.05. The van der Waals surface area contributed by atoms with Gasteiger partial charge in [0.1, 0.15) is 0 Å². The van der Waals surface area contributed by atoms with Gasteiger partial charge in [0.05, 0.1) is 11.0 Å². The molecule has 4 aromatic rings. The summed E-state index contributed by atoms with van der Waals surface area (Å²) < 4.78 is 0. The maximum absolute atomic E-state index is 11.3. The smallest absolute Gasteiger partial charge is 0.0626 e. The minimum atomic E-state index is -0.00352. The first-order valence-corrected chi connectivity index (χ1v) is 7.61. The van der Waals surface area contributed by atoms with Crippen LogP contribution in [-0.2, 0) is 0 Å². The molecule has 0 fully saturated rings. The summed E-state index contributed by atoms with van der Waals surface area (Å²) in [4.78, 5) is 8.33. The van der Waals surface area contributed by atoms with E-state index in [1.807, 2.05) is 50.2 Å². The van der Waals surface area contributed by atoms with Crippen LogP contribution >= 0.6 is 0 Å². The molecule has 4 nitrogen and oxygen atoms in total. The molecule has 0 saturated carbocycles. The summed E-state index contributed by atoms with van der Waals surface area (Å²) in [5.41, 5.74) is 2.90. The van der Waals surface area contributed by atoms with Gasteiger partial charge in [-0.1, -0.05) is 60.0 Å². The molecule has 0 spiro atoms. The van der Waals surface area contributed by atoms with Crippen molar-refractivity contribution in [1.82, 2.24) is 9.97 Å². The number of para-hydroxylation sites is 2. The van der Waals surface area contributed by atoms with E-state index in [2.05, 4.69) is 9.97 Å². The van der Waals surface area contributed by atoms with Gasteiger partial charge in [0.15, 0.2) is 0 Å². The minimum Gasteiger partial charge on any atom is -0.871 e. The van der Waals surface area contributed by atoms with Gasteiger partial charge in [-0.15, -0.1) is 0 Å². The fourth-order valence-corrected chi connectivity index (χ4v) is 2.43. The molecule has 0 aliphatic carbocycles. The van der Waals surface area contributed by atoms with Crippen molar-refractivity contribution in [1.29, 1.82) is 0 Å². The molecular weight excluding hydrogens is 370 g/mol. The van der Waals surface area contributed by atoms with Crippen LogP contribution in [0.15, 0.2) is 60.7 Å². The first-order chi connectivity index (χ1) is 11.5. The number of fused-ring (bicyclic) bond motifs is 2. The average Bonchev–Trinajstić information content (AvgIpc) is 2.57. The number of aromatic nitrogens is 2. The van der Waals surface area contributed by atoms with Crippen molar-refractivity contribution in [2.45, 2.75) is 13.8 Å². The molecule has 0 aliphatic rings. The Morgan fingerprint density at radius 1 is 0.600 bits per heavy atom. The van der Waals surface area contributed by atoms with Gasteiger partial charge in [-0.05, 0) is 36.8 Å². The van der Waals surface area contributed by atoms with E-state index in [1.54, 1.807) is 12.1 Å². The Labute approximate surface area is 159 Å². The maximum atomic E-state index is 11.3. The Morgan fingerprint density at radius 2 is 1.00 bits per heavy atom. The molecule has 2 aromatic carbocycles. The van der Waals surface area contributed by atoms with E-state index < -0.39 is 0 Å². The van der Waals surface area contributed by atoms with E-state index in [4.69, 9.17) is 0 Å². The third kappa shape index (κ3) is 4.32. The summed E-state index contributed by atoms with van der Waals surface area (Å²) in [6, 6.07) is 18.0. The van der Waals surface area contributed by atoms with Crippen molar-refractivity contribution in [2.75, 3.05) is 0 Å². The minimum absolute atomic E-state index is 0. The van der Waals surface area contributed by atoms with Crippen LogP contribution in [0.25, 0.3) is 21.8 Å². The van der Waals surface area contributed by atoms with Crippen LogP contribution in [0.3, 0.4) is 0 Å². The number of pyridine rings is 2. The number of rotatable bonds is 0. The topological polar surface area (TPSA) is 71.9 Å². The van der Waals surface area contributed by atoms with E-state index in [1.165, 1.54) is 12.1 Å². The molecule has 25 heavy (non-hydrogen) atoms. The SMILES string of the molecule is Cc1ccc2cccc([O-])c2n1.Cc1ccc2cccc([O-])c2n1.[Ga]. The van der Waals surface area contributed by atoms with Crippen molar-refractivity contribution in [3.63, 3.8) is 0 Å². The quantitative estimate of drug-likeness (QED) is 0.436. The average molecular weight is 386 g/mol. The zero-order valence-electron chi connectivity index (χ0n) is 14.1. The Balaban J connectivity index is 0.000000173. The van der Waals surface area contributed by atoms with Crippen LogP contribution in [0.1, 0.15) is 11.4 Å². The van der Waals surface area contributed by atoms with E-state index in [0.717, 1.165) is 22.2 Å². The predicted molar refractivity (Wildman–Crippen MR) is 97.6 cm³/mol. The second-order valence-corrected chi connectivity index (χ2v) is 5.56. The summed E-state index contributed by atoms with van der Waals surface area (Å²) in [6.45, 7) is 3.76. The number of hydrogen-bond donors (Lipinski definition) is 0. The Bertz CT molecular complexity index is 936. The molecule has 0 amide bonds. The zero-order valence-corrected chi connectivity index (χ0v) is 16.5. The summed E-state index contributed by atoms with van der Waals surface area (Å²) in [6.07, 6.45) is 0. The molecule has 2 heterocycles. The van der Waals surface area contributed by atoms with Crippen LogP contribution in [0.4, 0.5) is 0 Å². The molecule has 0 atom stereocenters. The van der Waals surface area contributed by atoms with E-state index >= 15 is 0 Å². The van der Waals surface area contributed by atoms with Gasteiger partial charge in [-0.2, -0.15) is 0 Å². The summed E-state index contributed by atoms with van der Waals surface area (Å²) in [5, 5.41) is 24.4. The van der Waals surface area contributed by atoms with Crippen LogP contribution in [0.5, 0.6) is 11.5 Å². The van der Waals surface area contributed by atoms with E-state index in [9.17, 15) is 10.2 Å². The fraction of sp³-hybridized carbons (Fsp3) is 0.100. The van der Waals surface area contributed by atoms with Gasteiger partial charge in [0.25, 0.3) is 0 Å². The number of nitrogens with zero attached hydrogens (tertiary/aromatic N) is 2. The van der Waals surface area contributed by atoms with E-state index in [0.29, 0.717) is 11.0 Å². The molecule has 5 heteroatoms. The van der Waals surface area contributed by atoms with Crippen molar-refractivity contribution < 1.29 is 10.2 Å². The van der Waals surface area contributed by atoms with Gasteiger partial charge >= 0.3 is 0 Å². The standard InChI is InChI=1S/2C10H9NO.Ga/c2*1-7-5-6-8-3-2-4-9(12)10(8)11-7;/h2*2-6,12H,1H3;/p-2. The summed E-state index contributed by atoms with van der Waals surface area (Å²) >= 11 is 0. The van der Waals surface area contributed by atoms with Crippen LogP contribution in [0, 0.1) is 13.8 Å². The molecule has 3 radical (unpaired) electrons. The van der Waals surface area contributed by atoms with Crippen LogP contribution in [0.2, 0.25) is 0 Å². The molecule has 4 rings (SSSR count). The third-order valence-corrected chi connectivity index (χ3v) is 3.64. The summed E-state index contributed by atoms with van der Waals surface area (Å²) in [5.74, 6) is -0.00704. The molecule has 0 aliphatic heterocycles. The number of benzene rings is 2. The third-order valence-electron chi connectivity index (χ3n) is 3.64. The first-order valence-electron chi connectivity index (χ1n) is 7.61. The molecular formula is C20H16GaN2O2-2. The van der Waals surface area contributed by atoms with Crippen molar-refractivity contribution in [3.05, 3.63) is 72.1 Å². The molecule has 0 saturated heterocycles. The summed E-state index contributed by atoms with van der Waals surface area (Å²) in [7, 11) is 0. The molecule has 2 aromatic heterocycles. The number of aryl methyl sites for hydroxylation is 2. The van der Waals surface area contributed by atoms with Crippen molar-refractivity contribution in [2.24, 2.45) is 0 Å². The Morgan fingerprint density at radius 3 is 1.40 bits per heavy atom. The molecule has 0 bridgehead atoms. The van der Waals surface area contributed by atoms with Crippen LogP contribution in [-0.4, -0.2) is 29.8 Å². The Kier molecular flexibility index (Phi) is 6.06. The first kappa shape index (κ1) is 18.8. The monoisotopic (exact) mass is 385 g/mol. The van der Waals surface area contributed by atoms with Crippen molar-refractivity contribution in [3.8, 4) is 11.5 Å². The van der Waals surface area contributed by atoms with Gasteiger partial charge in [0, 0.05) is 31.2 Å². The van der Waals surface area contributed by atoms with Gasteiger partial charge in [-0.3, -0.25) is 9.97 Å². The number of hydrogen-bond acceptors (Lipinski definition) is 4. The largest absolute Gasteiger partial charge is 0.871 e. The van der Waals surface area contributed by atoms with Crippen molar-refractivity contribution >= 4 is 41.6 Å².